The zero-order valence-electron chi connectivity index (χ0n) is 16.7. The van der Waals surface area contributed by atoms with Gasteiger partial charge in [0, 0.05) is 49.5 Å². The molecule has 1 fully saturated rings. The fraction of sp³-hybridized carbons (Fsp3) is 0.273. The molecule has 2 aromatic carbocycles. The Balaban J connectivity index is 1.29. The molecule has 1 aromatic heterocycles. The van der Waals surface area contributed by atoms with Crippen LogP contribution in [0.15, 0.2) is 59.2 Å². The van der Waals surface area contributed by atoms with Gasteiger partial charge in [0.15, 0.2) is 12.4 Å². The normalized spacial score (nSPS) is 14.6. The van der Waals surface area contributed by atoms with Crippen molar-refractivity contribution in [3.05, 3.63) is 81.3 Å². The molecule has 0 saturated carbocycles. The lowest BCUT2D eigenvalue weighted by Crippen LogP contribution is -2.48. The van der Waals surface area contributed by atoms with Crippen LogP contribution in [0.25, 0.3) is 0 Å². The topological polar surface area (TPSA) is 50.6 Å². The van der Waals surface area contributed by atoms with E-state index in [1.807, 2.05) is 6.07 Å². The molecular weight excluding hydrogens is 487 g/mol. The minimum Gasteiger partial charge on any atom is -0.470 e. The van der Waals surface area contributed by atoms with Gasteiger partial charge in [0.05, 0.1) is 4.47 Å². The van der Waals surface area contributed by atoms with Crippen LogP contribution in [0.1, 0.15) is 16.1 Å². The van der Waals surface area contributed by atoms with Crippen molar-refractivity contribution in [3.8, 4) is 5.75 Å². The van der Waals surface area contributed by atoms with E-state index in [0.29, 0.717) is 54.8 Å². The second-order valence-electron chi connectivity index (χ2n) is 7.25. The molecule has 0 radical (unpaired) electrons. The Morgan fingerprint density at radius 2 is 1.90 bits per heavy atom. The molecule has 1 amide bonds. The van der Waals surface area contributed by atoms with Gasteiger partial charge < -0.3 is 9.64 Å². The lowest BCUT2D eigenvalue weighted by molar-refractivity contribution is 0.0619. The van der Waals surface area contributed by atoms with Crippen LogP contribution in [0.3, 0.4) is 0 Å². The first kappa shape index (κ1) is 21.8. The average Bonchev–Trinajstić information content (AvgIpc) is 3.24. The number of piperazine rings is 1. The molecule has 0 aliphatic carbocycles. The van der Waals surface area contributed by atoms with Gasteiger partial charge in [-0.25, -0.2) is 9.07 Å². The van der Waals surface area contributed by atoms with E-state index >= 15 is 0 Å². The average molecular weight is 508 g/mol. The summed E-state index contributed by atoms with van der Waals surface area (Å²) in [5.41, 5.74) is 1.05. The lowest BCUT2D eigenvalue weighted by Gasteiger charge is -2.34. The fourth-order valence-electron chi connectivity index (χ4n) is 3.41. The van der Waals surface area contributed by atoms with Crippen LogP contribution in [-0.2, 0) is 13.3 Å². The Morgan fingerprint density at radius 3 is 2.65 bits per heavy atom. The van der Waals surface area contributed by atoms with E-state index in [1.165, 1.54) is 6.07 Å². The molecule has 162 valence electrons. The maximum absolute atomic E-state index is 13.9. The van der Waals surface area contributed by atoms with Crippen LogP contribution in [0.4, 0.5) is 4.39 Å². The number of hydrogen-bond donors (Lipinski definition) is 0. The summed E-state index contributed by atoms with van der Waals surface area (Å²) in [7, 11) is 0. The number of aromatic nitrogens is 2. The molecule has 0 spiro atoms. The van der Waals surface area contributed by atoms with Crippen molar-refractivity contribution in [2.45, 2.75) is 13.3 Å². The SMILES string of the molecule is O=C(c1ccn(COc2ccc(Cl)cc2Br)n1)N1CCN(Cc2ccccc2F)CC1. The molecule has 2 heterocycles. The summed E-state index contributed by atoms with van der Waals surface area (Å²) in [6, 6.07) is 13.7. The van der Waals surface area contributed by atoms with Crippen molar-refractivity contribution in [1.82, 2.24) is 19.6 Å². The number of amides is 1. The molecule has 0 N–H and O–H groups in total. The van der Waals surface area contributed by atoms with Crippen LogP contribution in [0.2, 0.25) is 5.02 Å². The summed E-state index contributed by atoms with van der Waals surface area (Å²) >= 11 is 9.34. The standard InChI is InChI=1S/C22H21BrClFN4O2/c23-18-13-17(24)5-6-21(18)31-15-29-8-7-20(26-29)22(30)28-11-9-27(10-12-28)14-16-3-1-2-4-19(16)25/h1-8,13H,9-12,14-15H2. The molecule has 4 rings (SSSR count). The van der Waals surface area contributed by atoms with Gasteiger partial charge in [-0.05, 0) is 46.3 Å². The molecule has 1 aliphatic rings. The highest BCUT2D eigenvalue weighted by Gasteiger charge is 2.24. The van der Waals surface area contributed by atoms with Crippen LogP contribution < -0.4 is 4.74 Å². The summed E-state index contributed by atoms with van der Waals surface area (Å²) in [4.78, 5) is 16.7. The maximum Gasteiger partial charge on any atom is 0.274 e. The van der Waals surface area contributed by atoms with E-state index in [2.05, 4.69) is 25.9 Å². The van der Waals surface area contributed by atoms with Crippen molar-refractivity contribution < 1.29 is 13.9 Å². The van der Waals surface area contributed by atoms with Crippen molar-refractivity contribution in [2.75, 3.05) is 26.2 Å². The minimum absolute atomic E-state index is 0.114. The first-order valence-corrected chi connectivity index (χ1v) is 11.0. The summed E-state index contributed by atoms with van der Waals surface area (Å²) in [5, 5.41) is 4.95. The number of halogens is 3. The molecule has 1 aliphatic heterocycles. The van der Waals surface area contributed by atoms with Gasteiger partial charge in [-0.15, -0.1) is 0 Å². The van der Waals surface area contributed by atoms with Crippen LogP contribution in [0.5, 0.6) is 5.75 Å². The summed E-state index contributed by atoms with van der Waals surface area (Å²) in [6.07, 6.45) is 1.71. The minimum atomic E-state index is -0.195. The third-order valence-corrected chi connectivity index (χ3v) is 5.97. The Labute approximate surface area is 193 Å². The molecule has 3 aromatic rings. The highest BCUT2D eigenvalue weighted by atomic mass is 79.9. The van der Waals surface area contributed by atoms with Gasteiger partial charge in [0.25, 0.3) is 5.91 Å². The van der Waals surface area contributed by atoms with E-state index in [9.17, 15) is 9.18 Å². The monoisotopic (exact) mass is 506 g/mol. The first-order valence-electron chi connectivity index (χ1n) is 9.86. The van der Waals surface area contributed by atoms with Crippen molar-refractivity contribution in [3.63, 3.8) is 0 Å². The fourth-order valence-corrected chi connectivity index (χ4v) is 4.21. The molecule has 9 heteroatoms. The summed E-state index contributed by atoms with van der Waals surface area (Å²) < 4.78 is 21.9. The number of ether oxygens (including phenoxy) is 1. The molecule has 0 bridgehead atoms. The second kappa shape index (κ2) is 9.80. The highest BCUT2D eigenvalue weighted by molar-refractivity contribution is 9.10. The number of rotatable bonds is 6. The number of carbonyl (C=O) groups is 1. The Kier molecular flexibility index (Phi) is 6.89. The Bertz CT molecular complexity index is 1070. The van der Waals surface area contributed by atoms with Gasteiger partial charge in [-0.2, -0.15) is 5.10 Å². The molecule has 1 saturated heterocycles. The highest BCUT2D eigenvalue weighted by Crippen LogP contribution is 2.28. The molecular formula is C22H21BrClFN4O2. The van der Waals surface area contributed by atoms with Gasteiger partial charge >= 0.3 is 0 Å². The van der Waals surface area contributed by atoms with Gasteiger partial charge in [0.2, 0.25) is 0 Å². The number of benzene rings is 2. The van der Waals surface area contributed by atoms with Crippen LogP contribution in [0, 0.1) is 5.82 Å². The van der Waals surface area contributed by atoms with E-state index in [-0.39, 0.29) is 18.5 Å². The molecule has 31 heavy (non-hydrogen) atoms. The van der Waals surface area contributed by atoms with E-state index in [0.717, 1.165) is 4.47 Å². The molecule has 0 atom stereocenters. The van der Waals surface area contributed by atoms with Crippen molar-refractivity contribution >= 4 is 33.4 Å². The van der Waals surface area contributed by atoms with Crippen LogP contribution >= 0.6 is 27.5 Å². The van der Waals surface area contributed by atoms with E-state index < -0.39 is 0 Å². The van der Waals surface area contributed by atoms with Crippen molar-refractivity contribution in [2.24, 2.45) is 0 Å². The zero-order valence-corrected chi connectivity index (χ0v) is 19.0. The second-order valence-corrected chi connectivity index (χ2v) is 8.54. The molecule has 6 nitrogen and oxygen atoms in total. The Hall–Kier alpha value is -2.42. The number of carbonyl (C=O) groups excluding carboxylic acids is 1. The lowest BCUT2D eigenvalue weighted by atomic mass is 10.2. The van der Waals surface area contributed by atoms with Crippen molar-refractivity contribution in [1.29, 1.82) is 0 Å². The van der Waals surface area contributed by atoms with Gasteiger partial charge in [0.1, 0.15) is 11.6 Å². The quantitative estimate of drug-likeness (QED) is 0.495. The predicted molar refractivity (Wildman–Crippen MR) is 120 cm³/mol. The van der Waals surface area contributed by atoms with E-state index in [1.54, 1.807) is 52.2 Å². The number of nitrogens with zero attached hydrogens (tertiary/aromatic N) is 4. The third kappa shape index (κ3) is 5.44. The van der Waals surface area contributed by atoms with Gasteiger partial charge in [-0.1, -0.05) is 29.8 Å². The largest absolute Gasteiger partial charge is 0.470 e. The van der Waals surface area contributed by atoms with E-state index in [4.69, 9.17) is 16.3 Å². The zero-order chi connectivity index (χ0) is 21.8. The third-order valence-electron chi connectivity index (χ3n) is 5.12. The smallest absolute Gasteiger partial charge is 0.274 e. The number of hydrogen-bond acceptors (Lipinski definition) is 4. The summed E-state index contributed by atoms with van der Waals surface area (Å²) in [5.74, 6) is 0.329. The molecule has 0 unspecified atom stereocenters. The predicted octanol–water partition coefficient (Wildman–Crippen LogP) is 4.43. The summed E-state index contributed by atoms with van der Waals surface area (Å²) in [6.45, 7) is 3.25. The maximum atomic E-state index is 13.9. The van der Waals surface area contributed by atoms with Gasteiger partial charge in [-0.3, -0.25) is 9.69 Å². The first-order chi connectivity index (χ1) is 15.0. The van der Waals surface area contributed by atoms with Crippen LogP contribution in [-0.4, -0.2) is 51.7 Å². The Morgan fingerprint density at radius 1 is 1.13 bits per heavy atom.